The van der Waals surface area contributed by atoms with E-state index in [1.165, 1.54) is 12.3 Å². The van der Waals surface area contributed by atoms with Crippen molar-refractivity contribution in [3.05, 3.63) is 46.1 Å². The van der Waals surface area contributed by atoms with Crippen molar-refractivity contribution in [2.45, 2.75) is 13.1 Å². The second-order valence-corrected chi connectivity index (χ2v) is 4.33. The Kier molecular flexibility index (Phi) is 3.40. The van der Waals surface area contributed by atoms with Gasteiger partial charge in [-0.15, -0.1) is 0 Å². The summed E-state index contributed by atoms with van der Waals surface area (Å²) in [7, 11) is 0. The van der Waals surface area contributed by atoms with Crippen LogP contribution < -0.4 is 0 Å². The van der Waals surface area contributed by atoms with Gasteiger partial charge < -0.3 is 4.98 Å². The Morgan fingerprint density at radius 1 is 1.26 bits per heavy atom. The average molecular weight is 288 g/mol. The van der Waals surface area contributed by atoms with Crippen LogP contribution in [0.2, 0.25) is 0 Å². The molecular formula is C12H8F4N2S. The Morgan fingerprint density at radius 3 is 2.53 bits per heavy atom. The van der Waals surface area contributed by atoms with Crippen molar-refractivity contribution in [1.82, 2.24) is 9.97 Å². The Hall–Kier alpha value is -1.76. The molecule has 0 radical (unpaired) electrons. The van der Waals surface area contributed by atoms with E-state index in [0.29, 0.717) is 17.3 Å². The fourth-order valence-electron chi connectivity index (χ4n) is 1.66. The number of aromatic nitrogens is 2. The number of hydrogen-bond donors (Lipinski definition) is 1. The molecule has 2 rings (SSSR count). The minimum Gasteiger partial charge on any atom is -0.330 e. The van der Waals surface area contributed by atoms with Crippen LogP contribution in [0.5, 0.6) is 0 Å². The standard InChI is InChI=1S/C12H8F4N2S/c1-6-5-17-11(19)18-10(6)7-2-3-8(9(13)4-7)12(14,15)16/h2-5H,1H3,(H,17,18,19). The first-order valence-corrected chi connectivity index (χ1v) is 5.63. The zero-order chi connectivity index (χ0) is 14.2. The van der Waals surface area contributed by atoms with Crippen LogP contribution >= 0.6 is 12.2 Å². The molecule has 100 valence electrons. The predicted molar refractivity (Wildman–Crippen MR) is 64.6 cm³/mol. The topological polar surface area (TPSA) is 28.7 Å². The molecule has 0 amide bonds. The number of H-pyrrole nitrogens is 1. The van der Waals surface area contributed by atoms with Gasteiger partial charge in [0.2, 0.25) is 0 Å². The van der Waals surface area contributed by atoms with Crippen molar-refractivity contribution < 1.29 is 17.6 Å². The third-order valence-corrected chi connectivity index (χ3v) is 2.77. The molecule has 0 saturated heterocycles. The highest BCUT2D eigenvalue weighted by Gasteiger charge is 2.34. The van der Waals surface area contributed by atoms with Gasteiger partial charge >= 0.3 is 6.18 Å². The van der Waals surface area contributed by atoms with E-state index in [-0.39, 0.29) is 10.3 Å². The molecule has 1 N–H and O–H groups in total. The van der Waals surface area contributed by atoms with E-state index >= 15 is 0 Å². The van der Waals surface area contributed by atoms with Gasteiger partial charge in [0.15, 0.2) is 4.77 Å². The smallest absolute Gasteiger partial charge is 0.330 e. The fraction of sp³-hybridized carbons (Fsp3) is 0.167. The maximum atomic E-state index is 13.5. The fourth-order valence-corrected chi connectivity index (χ4v) is 1.81. The summed E-state index contributed by atoms with van der Waals surface area (Å²) < 4.78 is 51.0. The third-order valence-electron chi connectivity index (χ3n) is 2.56. The van der Waals surface area contributed by atoms with Crippen LogP contribution in [0.4, 0.5) is 17.6 Å². The second kappa shape index (κ2) is 4.73. The Balaban J connectivity index is 2.57. The number of hydrogen-bond acceptors (Lipinski definition) is 2. The van der Waals surface area contributed by atoms with Crippen LogP contribution in [0.3, 0.4) is 0 Å². The lowest BCUT2D eigenvalue weighted by Crippen LogP contribution is -2.08. The van der Waals surface area contributed by atoms with Gasteiger partial charge in [0.25, 0.3) is 0 Å². The molecule has 2 aromatic rings. The van der Waals surface area contributed by atoms with E-state index in [0.717, 1.165) is 6.07 Å². The van der Waals surface area contributed by atoms with Gasteiger partial charge in [-0.2, -0.15) is 13.2 Å². The van der Waals surface area contributed by atoms with Gasteiger partial charge in [-0.25, -0.2) is 9.37 Å². The lowest BCUT2D eigenvalue weighted by atomic mass is 10.1. The average Bonchev–Trinajstić information content (AvgIpc) is 2.30. The van der Waals surface area contributed by atoms with Crippen LogP contribution in [0, 0.1) is 17.5 Å². The molecule has 0 aliphatic rings. The van der Waals surface area contributed by atoms with E-state index in [1.54, 1.807) is 6.92 Å². The van der Waals surface area contributed by atoms with E-state index in [9.17, 15) is 17.6 Å². The molecule has 0 bridgehead atoms. The zero-order valence-electron chi connectivity index (χ0n) is 9.68. The highest BCUT2D eigenvalue weighted by atomic mass is 32.1. The minimum absolute atomic E-state index is 0.181. The van der Waals surface area contributed by atoms with Gasteiger partial charge in [-0.3, -0.25) is 0 Å². The summed E-state index contributed by atoms with van der Waals surface area (Å²) in [4.78, 5) is 6.56. The summed E-state index contributed by atoms with van der Waals surface area (Å²) >= 11 is 4.84. The van der Waals surface area contributed by atoms with Gasteiger partial charge in [-0.05, 0) is 36.8 Å². The van der Waals surface area contributed by atoms with Gasteiger partial charge in [0.05, 0.1) is 11.3 Å². The molecular weight excluding hydrogens is 280 g/mol. The molecule has 0 aliphatic carbocycles. The van der Waals surface area contributed by atoms with Crippen molar-refractivity contribution >= 4 is 12.2 Å². The summed E-state index contributed by atoms with van der Waals surface area (Å²) in [5.41, 5.74) is 0.110. The van der Waals surface area contributed by atoms with Crippen molar-refractivity contribution in [2.24, 2.45) is 0 Å². The third kappa shape index (κ3) is 2.81. The summed E-state index contributed by atoms with van der Waals surface area (Å²) in [5.74, 6) is -1.32. The quantitative estimate of drug-likeness (QED) is 0.627. The second-order valence-electron chi connectivity index (χ2n) is 3.94. The number of benzene rings is 1. The van der Waals surface area contributed by atoms with Crippen LogP contribution in [0.15, 0.2) is 24.4 Å². The number of aromatic amines is 1. The number of alkyl halides is 3. The number of rotatable bonds is 1. The first-order valence-electron chi connectivity index (χ1n) is 5.22. The first-order chi connectivity index (χ1) is 8.79. The Morgan fingerprint density at radius 2 is 1.95 bits per heavy atom. The molecule has 0 saturated carbocycles. The van der Waals surface area contributed by atoms with Crippen LogP contribution in [0.1, 0.15) is 11.1 Å². The molecule has 1 aromatic carbocycles. The molecule has 0 atom stereocenters. The van der Waals surface area contributed by atoms with Crippen LogP contribution in [-0.4, -0.2) is 9.97 Å². The highest BCUT2D eigenvalue weighted by molar-refractivity contribution is 7.71. The zero-order valence-corrected chi connectivity index (χ0v) is 10.5. The normalized spacial score (nSPS) is 11.6. The first kappa shape index (κ1) is 13.7. The Bertz CT molecular complexity index is 676. The largest absolute Gasteiger partial charge is 0.419 e. The highest BCUT2D eigenvalue weighted by Crippen LogP contribution is 2.33. The summed E-state index contributed by atoms with van der Waals surface area (Å²) in [6.45, 7) is 1.70. The number of nitrogens with zero attached hydrogens (tertiary/aromatic N) is 1. The van der Waals surface area contributed by atoms with Gasteiger partial charge in [-0.1, -0.05) is 6.07 Å². The molecule has 1 aromatic heterocycles. The van der Waals surface area contributed by atoms with E-state index < -0.39 is 17.6 Å². The lowest BCUT2D eigenvalue weighted by Gasteiger charge is -2.10. The number of nitrogens with one attached hydrogen (secondary N) is 1. The van der Waals surface area contributed by atoms with Crippen molar-refractivity contribution in [3.63, 3.8) is 0 Å². The summed E-state index contributed by atoms with van der Waals surface area (Å²) in [5, 5.41) is 0. The van der Waals surface area contributed by atoms with E-state index in [2.05, 4.69) is 9.97 Å². The number of aryl methyl sites for hydroxylation is 1. The van der Waals surface area contributed by atoms with Gasteiger partial charge in [0.1, 0.15) is 5.82 Å². The molecule has 0 fully saturated rings. The van der Waals surface area contributed by atoms with Crippen molar-refractivity contribution in [3.8, 4) is 11.3 Å². The molecule has 7 heteroatoms. The number of halogens is 4. The van der Waals surface area contributed by atoms with Crippen molar-refractivity contribution in [1.29, 1.82) is 0 Å². The minimum atomic E-state index is -4.71. The monoisotopic (exact) mass is 288 g/mol. The molecule has 19 heavy (non-hydrogen) atoms. The van der Waals surface area contributed by atoms with Crippen LogP contribution in [0.25, 0.3) is 11.3 Å². The predicted octanol–water partition coefficient (Wildman–Crippen LogP) is 4.27. The van der Waals surface area contributed by atoms with Gasteiger partial charge in [0, 0.05) is 11.8 Å². The maximum absolute atomic E-state index is 13.5. The van der Waals surface area contributed by atoms with Crippen LogP contribution in [-0.2, 0) is 6.18 Å². The Labute approximate surface area is 111 Å². The maximum Gasteiger partial charge on any atom is 0.419 e. The molecule has 2 nitrogen and oxygen atoms in total. The SMILES string of the molecule is Cc1cnc(=S)[nH]c1-c1ccc(C(F)(F)F)c(F)c1. The van der Waals surface area contributed by atoms with E-state index in [1.807, 2.05) is 0 Å². The molecule has 0 unspecified atom stereocenters. The summed E-state index contributed by atoms with van der Waals surface area (Å²) in [6.07, 6.45) is -3.23. The lowest BCUT2D eigenvalue weighted by molar-refractivity contribution is -0.139. The summed E-state index contributed by atoms with van der Waals surface area (Å²) in [6, 6.07) is 2.73. The molecule has 0 aliphatic heterocycles. The molecule has 0 spiro atoms. The van der Waals surface area contributed by atoms with E-state index in [4.69, 9.17) is 12.2 Å². The van der Waals surface area contributed by atoms with Crippen molar-refractivity contribution in [2.75, 3.05) is 0 Å². The molecule has 1 heterocycles.